The van der Waals surface area contributed by atoms with Gasteiger partial charge in [-0.3, -0.25) is 0 Å². The Balaban J connectivity index is 1.74. The lowest BCUT2D eigenvalue weighted by Crippen LogP contribution is -1.94. The van der Waals surface area contributed by atoms with Crippen LogP contribution in [0.5, 0.6) is 0 Å². The molecule has 0 fully saturated rings. The fourth-order valence-corrected chi connectivity index (χ4v) is 1.99. The van der Waals surface area contributed by atoms with E-state index < -0.39 is 0 Å². The Labute approximate surface area is 106 Å². The van der Waals surface area contributed by atoms with Gasteiger partial charge in [-0.15, -0.1) is 0 Å². The van der Waals surface area contributed by atoms with Gasteiger partial charge in [0.25, 0.3) is 0 Å². The molecular weight excluding hydrogens is 222 g/mol. The van der Waals surface area contributed by atoms with Gasteiger partial charge >= 0.3 is 0 Å². The van der Waals surface area contributed by atoms with Crippen LogP contribution in [0, 0.1) is 6.92 Å². The first kappa shape index (κ1) is 11.0. The molecule has 0 N–H and O–H groups in total. The molecule has 0 saturated carbocycles. The summed E-state index contributed by atoms with van der Waals surface area (Å²) in [4.78, 5) is 4.50. The largest absolute Gasteiger partial charge is 0.221 e. The van der Waals surface area contributed by atoms with Crippen LogP contribution in [0.3, 0.4) is 0 Å². The van der Waals surface area contributed by atoms with Gasteiger partial charge in [0, 0.05) is 12.6 Å². The molecule has 3 nitrogen and oxygen atoms in total. The molecule has 2 aromatic heterocycles. The summed E-state index contributed by atoms with van der Waals surface area (Å²) < 4.78 is 1.82. The Morgan fingerprint density at radius 2 is 1.83 bits per heavy atom. The zero-order valence-corrected chi connectivity index (χ0v) is 10.4. The third kappa shape index (κ3) is 2.25. The zero-order chi connectivity index (χ0) is 12.4. The maximum atomic E-state index is 4.50. The Morgan fingerprint density at radius 1 is 1.00 bits per heavy atom. The van der Waals surface area contributed by atoms with Gasteiger partial charge in [-0.25, -0.2) is 9.50 Å². The van der Waals surface area contributed by atoms with E-state index in [4.69, 9.17) is 0 Å². The van der Waals surface area contributed by atoms with Crippen molar-refractivity contribution in [1.82, 2.24) is 14.6 Å². The molecule has 0 atom stereocenters. The number of nitrogens with zero attached hydrogens (tertiary/aromatic N) is 3. The summed E-state index contributed by atoms with van der Waals surface area (Å²) in [5.41, 5.74) is 3.54. The van der Waals surface area contributed by atoms with Gasteiger partial charge in [0.2, 0.25) is 0 Å². The lowest BCUT2D eigenvalue weighted by atomic mass is 10.1. The molecule has 90 valence electrons. The third-order valence-electron chi connectivity index (χ3n) is 3.04. The number of fused-ring (bicyclic) bond motifs is 1. The van der Waals surface area contributed by atoms with Gasteiger partial charge in [-0.05, 0) is 31.0 Å². The summed E-state index contributed by atoms with van der Waals surface area (Å²) in [6.45, 7) is 2.10. The second kappa shape index (κ2) is 4.61. The van der Waals surface area contributed by atoms with Crippen LogP contribution in [0.4, 0.5) is 0 Å². The monoisotopic (exact) mass is 237 g/mol. The van der Waals surface area contributed by atoms with Crippen molar-refractivity contribution >= 4 is 5.65 Å². The normalized spacial score (nSPS) is 10.9. The predicted octanol–water partition coefficient (Wildman–Crippen LogP) is 2.82. The molecule has 3 heteroatoms. The number of benzene rings is 1. The highest BCUT2D eigenvalue weighted by Gasteiger charge is 2.03. The van der Waals surface area contributed by atoms with Gasteiger partial charge in [0.1, 0.15) is 0 Å². The second-order valence-corrected chi connectivity index (χ2v) is 4.52. The average molecular weight is 237 g/mol. The van der Waals surface area contributed by atoms with Crippen molar-refractivity contribution in [2.24, 2.45) is 0 Å². The summed E-state index contributed by atoms with van der Waals surface area (Å²) >= 11 is 0. The van der Waals surface area contributed by atoms with Crippen molar-refractivity contribution in [1.29, 1.82) is 0 Å². The standard InChI is InChI=1S/C15H15N3/c1-12-5-7-13(8-6-12)9-10-14-16-15-4-2-3-11-18(15)17-14/h2-8,11H,9-10H2,1H3. The molecule has 0 saturated heterocycles. The fraction of sp³-hybridized carbons (Fsp3) is 0.200. The Bertz CT molecular complexity index is 620. The first-order valence-corrected chi connectivity index (χ1v) is 6.17. The number of aromatic nitrogens is 3. The SMILES string of the molecule is Cc1ccc(CCc2nc3ccccn3n2)cc1. The molecule has 18 heavy (non-hydrogen) atoms. The van der Waals surface area contributed by atoms with E-state index in [1.807, 2.05) is 28.9 Å². The quantitative estimate of drug-likeness (QED) is 0.701. The van der Waals surface area contributed by atoms with E-state index in [9.17, 15) is 0 Å². The molecule has 3 aromatic rings. The van der Waals surface area contributed by atoms with E-state index in [2.05, 4.69) is 41.3 Å². The molecule has 1 aromatic carbocycles. The fourth-order valence-electron chi connectivity index (χ4n) is 1.99. The lowest BCUT2D eigenvalue weighted by molar-refractivity contribution is 0.836. The number of hydrogen-bond donors (Lipinski definition) is 0. The van der Waals surface area contributed by atoms with Gasteiger partial charge in [-0.1, -0.05) is 35.9 Å². The summed E-state index contributed by atoms with van der Waals surface area (Å²) in [6, 6.07) is 14.6. The van der Waals surface area contributed by atoms with Gasteiger partial charge in [0.15, 0.2) is 11.5 Å². The van der Waals surface area contributed by atoms with E-state index in [1.54, 1.807) is 0 Å². The van der Waals surface area contributed by atoms with Crippen LogP contribution < -0.4 is 0 Å². The maximum absolute atomic E-state index is 4.50. The molecule has 2 heterocycles. The van der Waals surface area contributed by atoms with Gasteiger partial charge in [0.05, 0.1) is 0 Å². The molecule has 0 aliphatic carbocycles. The van der Waals surface area contributed by atoms with Crippen LogP contribution in [0.2, 0.25) is 0 Å². The van der Waals surface area contributed by atoms with E-state index >= 15 is 0 Å². The van der Waals surface area contributed by atoms with Crippen molar-refractivity contribution in [2.45, 2.75) is 19.8 Å². The van der Waals surface area contributed by atoms with Gasteiger partial charge in [-0.2, -0.15) is 5.10 Å². The van der Waals surface area contributed by atoms with Crippen LogP contribution in [0.25, 0.3) is 5.65 Å². The molecular formula is C15H15N3. The topological polar surface area (TPSA) is 30.2 Å². The zero-order valence-electron chi connectivity index (χ0n) is 10.4. The van der Waals surface area contributed by atoms with Crippen LogP contribution in [0.15, 0.2) is 48.7 Å². The minimum Gasteiger partial charge on any atom is -0.221 e. The summed E-state index contributed by atoms with van der Waals surface area (Å²) in [7, 11) is 0. The highest BCUT2D eigenvalue weighted by molar-refractivity contribution is 5.36. The highest BCUT2D eigenvalue weighted by Crippen LogP contribution is 2.07. The molecule has 0 unspecified atom stereocenters. The van der Waals surface area contributed by atoms with Crippen LogP contribution in [0.1, 0.15) is 17.0 Å². The summed E-state index contributed by atoms with van der Waals surface area (Å²) in [5.74, 6) is 0.904. The maximum Gasteiger partial charge on any atom is 0.155 e. The molecule has 0 amide bonds. The lowest BCUT2D eigenvalue weighted by Gasteiger charge is -1.99. The van der Waals surface area contributed by atoms with E-state index in [-0.39, 0.29) is 0 Å². The minimum absolute atomic E-state index is 0.880. The average Bonchev–Trinajstić information content (AvgIpc) is 2.81. The number of aryl methyl sites for hydroxylation is 3. The second-order valence-electron chi connectivity index (χ2n) is 4.52. The highest BCUT2D eigenvalue weighted by atomic mass is 15.3. The first-order valence-electron chi connectivity index (χ1n) is 6.17. The van der Waals surface area contributed by atoms with Crippen LogP contribution in [-0.2, 0) is 12.8 Å². The van der Waals surface area contributed by atoms with Crippen LogP contribution >= 0.6 is 0 Å². The van der Waals surface area contributed by atoms with Crippen molar-refractivity contribution in [3.05, 3.63) is 65.6 Å². The smallest absolute Gasteiger partial charge is 0.155 e. The summed E-state index contributed by atoms with van der Waals surface area (Å²) in [5, 5.41) is 4.45. The number of rotatable bonds is 3. The predicted molar refractivity (Wildman–Crippen MR) is 71.6 cm³/mol. The number of pyridine rings is 1. The van der Waals surface area contributed by atoms with Crippen molar-refractivity contribution in [3.63, 3.8) is 0 Å². The Kier molecular flexibility index (Phi) is 2.81. The van der Waals surface area contributed by atoms with Crippen LogP contribution in [-0.4, -0.2) is 14.6 Å². The number of hydrogen-bond acceptors (Lipinski definition) is 2. The van der Waals surface area contributed by atoms with E-state index in [0.29, 0.717) is 0 Å². The Hall–Kier alpha value is -2.16. The van der Waals surface area contributed by atoms with E-state index in [1.165, 1.54) is 11.1 Å². The van der Waals surface area contributed by atoms with Crippen molar-refractivity contribution in [3.8, 4) is 0 Å². The molecule has 0 radical (unpaired) electrons. The molecule has 0 aliphatic heterocycles. The van der Waals surface area contributed by atoms with Crippen molar-refractivity contribution < 1.29 is 0 Å². The molecule has 3 rings (SSSR count). The molecule has 0 bridgehead atoms. The molecule has 0 aliphatic rings. The van der Waals surface area contributed by atoms with E-state index in [0.717, 1.165) is 24.3 Å². The third-order valence-corrected chi connectivity index (χ3v) is 3.04. The molecule has 0 spiro atoms. The van der Waals surface area contributed by atoms with Gasteiger partial charge < -0.3 is 0 Å². The Morgan fingerprint density at radius 3 is 2.61 bits per heavy atom. The minimum atomic E-state index is 0.880. The first-order chi connectivity index (χ1) is 8.81. The van der Waals surface area contributed by atoms with Crippen molar-refractivity contribution in [2.75, 3.05) is 0 Å². The summed E-state index contributed by atoms with van der Waals surface area (Å²) in [6.07, 6.45) is 3.79.